The monoisotopic (exact) mass is 250 g/mol. The highest BCUT2D eigenvalue weighted by molar-refractivity contribution is 5.43. The van der Waals surface area contributed by atoms with Crippen LogP contribution >= 0.6 is 0 Å². The Labute approximate surface area is 103 Å². The van der Waals surface area contributed by atoms with Crippen LogP contribution in [0.4, 0.5) is 14.5 Å². The first kappa shape index (κ1) is 12.3. The molecule has 0 aliphatic rings. The van der Waals surface area contributed by atoms with Crippen LogP contribution in [-0.4, -0.2) is 12.1 Å². The highest BCUT2D eigenvalue weighted by atomic mass is 19.2. The van der Waals surface area contributed by atoms with Crippen molar-refractivity contribution < 1.29 is 13.5 Å². The summed E-state index contributed by atoms with van der Waals surface area (Å²) >= 11 is 0. The summed E-state index contributed by atoms with van der Waals surface area (Å²) in [6.07, 6.45) is 0. The summed E-state index contributed by atoms with van der Waals surface area (Å²) in [5.41, 5.74) is 1.25. The van der Waals surface area contributed by atoms with Crippen molar-refractivity contribution in [3.63, 3.8) is 0 Å². The van der Waals surface area contributed by atoms with Gasteiger partial charge in [-0.25, -0.2) is 13.8 Å². The van der Waals surface area contributed by atoms with Crippen LogP contribution < -0.4 is 10.1 Å². The molecule has 0 radical (unpaired) electrons. The second-order valence-corrected chi connectivity index (χ2v) is 3.65. The number of methoxy groups -OCH3 is 1. The van der Waals surface area contributed by atoms with E-state index in [1.54, 1.807) is 6.07 Å². The number of aromatic nitrogens is 1. The van der Waals surface area contributed by atoms with E-state index in [4.69, 9.17) is 4.74 Å². The first-order chi connectivity index (χ1) is 8.69. The number of halogens is 2. The number of pyridine rings is 1. The van der Waals surface area contributed by atoms with Crippen molar-refractivity contribution in [3.8, 4) is 5.88 Å². The summed E-state index contributed by atoms with van der Waals surface area (Å²) < 4.78 is 30.7. The fraction of sp³-hybridized carbons (Fsp3) is 0.154. The zero-order chi connectivity index (χ0) is 13.0. The molecule has 94 valence electrons. The molecular formula is C13H12F2N2O. The van der Waals surface area contributed by atoms with Gasteiger partial charge in [0, 0.05) is 17.8 Å². The number of rotatable bonds is 4. The third-order valence-corrected chi connectivity index (χ3v) is 2.38. The van der Waals surface area contributed by atoms with Gasteiger partial charge >= 0.3 is 0 Å². The maximum atomic E-state index is 13.0. The van der Waals surface area contributed by atoms with E-state index in [1.165, 1.54) is 13.2 Å². The van der Waals surface area contributed by atoms with Gasteiger partial charge in [-0.1, -0.05) is 6.07 Å². The molecule has 0 aliphatic carbocycles. The summed E-state index contributed by atoms with van der Waals surface area (Å²) in [4.78, 5) is 4.19. The van der Waals surface area contributed by atoms with Crippen molar-refractivity contribution in [2.75, 3.05) is 12.4 Å². The third-order valence-electron chi connectivity index (χ3n) is 2.38. The molecule has 0 amide bonds. The standard InChI is InChI=1S/C13H12F2N2O/c1-18-13-4-2-3-10(17-13)8-16-9-5-6-11(14)12(15)7-9/h2-7,16H,8H2,1H3. The Kier molecular flexibility index (Phi) is 3.72. The molecule has 2 aromatic rings. The molecule has 0 saturated heterocycles. The molecule has 3 nitrogen and oxygen atoms in total. The summed E-state index contributed by atoms with van der Waals surface area (Å²) in [6.45, 7) is 0.405. The molecule has 0 aliphatic heterocycles. The van der Waals surface area contributed by atoms with E-state index in [2.05, 4.69) is 10.3 Å². The predicted octanol–water partition coefficient (Wildman–Crippen LogP) is 2.98. The quantitative estimate of drug-likeness (QED) is 0.905. The van der Waals surface area contributed by atoms with Gasteiger partial charge < -0.3 is 10.1 Å². The minimum Gasteiger partial charge on any atom is -0.481 e. The van der Waals surface area contributed by atoms with E-state index in [1.807, 2.05) is 12.1 Å². The zero-order valence-electron chi connectivity index (χ0n) is 9.78. The van der Waals surface area contributed by atoms with Crippen molar-refractivity contribution in [2.45, 2.75) is 6.54 Å². The van der Waals surface area contributed by atoms with Gasteiger partial charge in [0.05, 0.1) is 19.3 Å². The maximum Gasteiger partial charge on any atom is 0.213 e. The lowest BCUT2D eigenvalue weighted by atomic mass is 10.3. The van der Waals surface area contributed by atoms with Crippen molar-refractivity contribution in [1.29, 1.82) is 0 Å². The van der Waals surface area contributed by atoms with E-state index in [0.29, 0.717) is 18.1 Å². The number of benzene rings is 1. The van der Waals surface area contributed by atoms with E-state index in [9.17, 15) is 8.78 Å². The molecule has 0 bridgehead atoms. The second-order valence-electron chi connectivity index (χ2n) is 3.65. The summed E-state index contributed by atoms with van der Waals surface area (Å²) in [7, 11) is 1.54. The van der Waals surface area contributed by atoms with Gasteiger partial charge in [0.25, 0.3) is 0 Å². The molecule has 0 fully saturated rings. The highest BCUT2D eigenvalue weighted by Gasteiger charge is 2.03. The third kappa shape index (κ3) is 2.94. The Morgan fingerprint density at radius 1 is 1.17 bits per heavy atom. The summed E-state index contributed by atoms with van der Waals surface area (Å²) in [5.74, 6) is -1.22. The smallest absolute Gasteiger partial charge is 0.213 e. The predicted molar refractivity (Wildman–Crippen MR) is 64.5 cm³/mol. The van der Waals surface area contributed by atoms with Gasteiger partial charge in [-0.3, -0.25) is 0 Å². The van der Waals surface area contributed by atoms with Crippen LogP contribution in [0.5, 0.6) is 5.88 Å². The van der Waals surface area contributed by atoms with Crippen LogP contribution in [0.25, 0.3) is 0 Å². The Morgan fingerprint density at radius 2 is 2.00 bits per heavy atom. The topological polar surface area (TPSA) is 34.1 Å². The van der Waals surface area contributed by atoms with Crippen LogP contribution in [0.15, 0.2) is 36.4 Å². The molecule has 1 heterocycles. The lowest BCUT2D eigenvalue weighted by Crippen LogP contribution is -2.03. The first-order valence-corrected chi connectivity index (χ1v) is 5.38. The zero-order valence-corrected chi connectivity index (χ0v) is 9.78. The molecule has 0 saturated carbocycles. The molecule has 2 rings (SSSR count). The molecule has 1 aromatic carbocycles. The Bertz CT molecular complexity index is 546. The van der Waals surface area contributed by atoms with E-state index in [-0.39, 0.29) is 0 Å². The Hall–Kier alpha value is -2.17. The van der Waals surface area contributed by atoms with E-state index >= 15 is 0 Å². The van der Waals surface area contributed by atoms with Gasteiger partial charge in [-0.15, -0.1) is 0 Å². The number of hydrogen-bond acceptors (Lipinski definition) is 3. The molecule has 0 atom stereocenters. The number of anilines is 1. The maximum absolute atomic E-state index is 13.0. The molecule has 5 heteroatoms. The highest BCUT2D eigenvalue weighted by Crippen LogP contribution is 2.14. The van der Waals surface area contributed by atoms with Gasteiger partial charge in [-0.2, -0.15) is 0 Å². The minimum atomic E-state index is -0.876. The second kappa shape index (κ2) is 5.44. The van der Waals surface area contributed by atoms with Gasteiger partial charge in [0.1, 0.15) is 0 Å². The Balaban J connectivity index is 2.04. The fourth-order valence-corrected chi connectivity index (χ4v) is 1.47. The summed E-state index contributed by atoms with van der Waals surface area (Å²) in [5, 5.41) is 2.96. The van der Waals surface area contributed by atoms with Crippen molar-refractivity contribution in [3.05, 3.63) is 53.7 Å². The number of nitrogens with zero attached hydrogens (tertiary/aromatic N) is 1. The number of hydrogen-bond donors (Lipinski definition) is 1. The molecule has 1 N–H and O–H groups in total. The SMILES string of the molecule is COc1cccc(CNc2ccc(F)c(F)c2)n1. The van der Waals surface area contributed by atoms with Crippen molar-refractivity contribution >= 4 is 5.69 Å². The van der Waals surface area contributed by atoms with E-state index in [0.717, 1.165) is 17.8 Å². The van der Waals surface area contributed by atoms with Crippen LogP contribution in [0.3, 0.4) is 0 Å². The number of ether oxygens (including phenoxy) is 1. The first-order valence-electron chi connectivity index (χ1n) is 5.38. The van der Waals surface area contributed by atoms with Crippen LogP contribution in [0, 0.1) is 11.6 Å². The average molecular weight is 250 g/mol. The van der Waals surface area contributed by atoms with Gasteiger partial charge in [0.15, 0.2) is 11.6 Å². The van der Waals surface area contributed by atoms with Crippen molar-refractivity contribution in [1.82, 2.24) is 4.98 Å². The van der Waals surface area contributed by atoms with E-state index < -0.39 is 11.6 Å². The van der Waals surface area contributed by atoms with Gasteiger partial charge in [-0.05, 0) is 18.2 Å². The van der Waals surface area contributed by atoms with Crippen LogP contribution in [0.1, 0.15) is 5.69 Å². The lowest BCUT2D eigenvalue weighted by molar-refractivity contribution is 0.396. The van der Waals surface area contributed by atoms with Crippen LogP contribution in [0.2, 0.25) is 0 Å². The molecule has 1 aromatic heterocycles. The Morgan fingerprint density at radius 3 is 2.72 bits per heavy atom. The fourth-order valence-electron chi connectivity index (χ4n) is 1.47. The molecule has 0 spiro atoms. The lowest BCUT2D eigenvalue weighted by Gasteiger charge is -2.07. The van der Waals surface area contributed by atoms with Crippen LogP contribution in [-0.2, 0) is 6.54 Å². The normalized spacial score (nSPS) is 10.2. The molecule has 0 unspecified atom stereocenters. The molecule has 18 heavy (non-hydrogen) atoms. The largest absolute Gasteiger partial charge is 0.481 e. The minimum absolute atomic E-state index is 0.405. The van der Waals surface area contributed by atoms with Gasteiger partial charge in [0.2, 0.25) is 5.88 Å². The molecular weight excluding hydrogens is 238 g/mol. The van der Waals surface area contributed by atoms with Crippen molar-refractivity contribution in [2.24, 2.45) is 0 Å². The number of nitrogens with one attached hydrogen (secondary N) is 1. The average Bonchev–Trinajstić information content (AvgIpc) is 2.40. The summed E-state index contributed by atoms with van der Waals surface area (Å²) in [6, 6.07) is 9.02.